The van der Waals surface area contributed by atoms with Crippen LogP contribution in [0.25, 0.3) is 0 Å². The van der Waals surface area contributed by atoms with Gasteiger partial charge in [0.05, 0.1) is 12.8 Å². The molecule has 1 fully saturated rings. The van der Waals surface area contributed by atoms with E-state index < -0.39 is 15.4 Å². The molecule has 1 aliphatic heterocycles. The Bertz CT molecular complexity index is 614. The molecule has 1 aromatic rings. The van der Waals surface area contributed by atoms with E-state index in [1.54, 1.807) is 10.9 Å². The molecule has 1 unspecified atom stereocenters. The molecule has 0 amide bonds. The van der Waals surface area contributed by atoms with Crippen molar-refractivity contribution in [3.63, 3.8) is 0 Å². The van der Waals surface area contributed by atoms with Crippen LogP contribution in [0.2, 0.25) is 0 Å². The average Bonchev–Trinajstić information content (AvgIpc) is 2.96. The van der Waals surface area contributed by atoms with Crippen molar-refractivity contribution in [2.24, 2.45) is 5.41 Å². The molecule has 0 aromatic carbocycles. The van der Waals surface area contributed by atoms with E-state index in [0.717, 1.165) is 19.3 Å². The van der Waals surface area contributed by atoms with Gasteiger partial charge >= 0.3 is 0 Å². The summed E-state index contributed by atoms with van der Waals surface area (Å²) in [5, 5.41) is 14.0. The third kappa shape index (κ3) is 4.12. The molecule has 2 rings (SSSR count). The van der Waals surface area contributed by atoms with Crippen LogP contribution in [0.5, 0.6) is 0 Å². The highest BCUT2D eigenvalue weighted by Gasteiger charge is 2.40. The van der Waals surface area contributed by atoms with Crippen LogP contribution in [0.3, 0.4) is 0 Å². The summed E-state index contributed by atoms with van der Waals surface area (Å²) in [5.74, 6) is 0. The molecule has 0 spiro atoms. The Balaban J connectivity index is 2.21. The molecule has 23 heavy (non-hydrogen) atoms. The monoisotopic (exact) mass is 344 g/mol. The number of sulfonamides is 1. The van der Waals surface area contributed by atoms with Gasteiger partial charge in [-0.3, -0.25) is 4.68 Å². The number of aliphatic hydroxyl groups is 1. The lowest BCUT2D eigenvalue weighted by molar-refractivity contribution is 0.0409. The van der Waals surface area contributed by atoms with Crippen LogP contribution in [-0.4, -0.2) is 72.8 Å². The van der Waals surface area contributed by atoms with Crippen molar-refractivity contribution in [3.05, 3.63) is 12.4 Å². The summed E-state index contributed by atoms with van der Waals surface area (Å²) in [4.78, 5) is 2.25. The van der Waals surface area contributed by atoms with E-state index in [0.29, 0.717) is 26.2 Å². The Labute approximate surface area is 138 Å². The second kappa shape index (κ2) is 7.29. The quantitative estimate of drug-likeness (QED) is 0.784. The minimum Gasteiger partial charge on any atom is -0.396 e. The van der Waals surface area contributed by atoms with Gasteiger partial charge in [-0.2, -0.15) is 9.40 Å². The van der Waals surface area contributed by atoms with Gasteiger partial charge in [0.2, 0.25) is 10.0 Å². The Morgan fingerprint density at radius 3 is 2.78 bits per heavy atom. The first kappa shape index (κ1) is 18.4. The second-order valence-electron chi connectivity index (χ2n) is 6.78. The zero-order valence-electron chi connectivity index (χ0n) is 14.3. The maximum Gasteiger partial charge on any atom is 0.246 e. The lowest BCUT2D eigenvalue weighted by atomic mass is 9.81. The summed E-state index contributed by atoms with van der Waals surface area (Å²) in [6, 6.07) is 0. The number of rotatable bonds is 7. The number of hydrogen-bond acceptors (Lipinski definition) is 5. The molecule has 132 valence electrons. The van der Waals surface area contributed by atoms with Gasteiger partial charge in [-0.25, -0.2) is 8.42 Å². The van der Waals surface area contributed by atoms with Crippen molar-refractivity contribution in [1.29, 1.82) is 0 Å². The highest BCUT2D eigenvalue weighted by atomic mass is 32.2. The maximum atomic E-state index is 12.9. The van der Waals surface area contributed by atoms with Gasteiger partial charge in [0.1, 0.15) is 4.90 Å². The van der Waals surface area contributed by atoms with Gasteiger partial charge in [-0.05, 0) is 33.4 Å². The van der Waals surface area contributed by atoms with Crippen molar-refractivity contribution >= 4 is 10.0 Å². The minimum absolute atomic E-state index is 0.00764. The van der Waals surface area contributed by atoms with Crippen molar-refractivity contribution in [2.75, 3.05) is 40.3 Å². The van der Waals surface area contributed by atoms with E-state index in [1.165, 1.54) is 10.5 Å². The third-order valence-electron chi connectivity index (χ3n) is 4.31. The highest BCUT2D eigenvalue weighted by Crippen LogP contribution is 2.33. The molecule has 7 nitrogen and oxygen atoms in total. The first-order valence-electron chi connectivity index (χ1n) is 8.11. The molecule has 0 saturated carbocycles. The lowest BCUT2D eigenvalue weighted by Crippen LogP contribution is -2.51. The van der Waals surface area contributed by atoms with Crippen molar-refractivity contribution in [1.82, 2.24) is 19.0 Å². The molecular weight excluding hydrogens is 316 g/mol. The number of hydrogen-bond donors (Lipinski definition) is 1. The number of aryl methyl sites for hydroxylation is 1. The van der Waals surface area contributed by atoms with Gasteiger partial charge in [0.25, 0.3) is 0 Å². The molecule has 1 atom stereocenters. The summed E-state index contributed by atoms with van der Waals surface area (Å²) in [7, 11) is 0.332. The number of aromatic nitrogens is 2. The summed E-state index contributed by atoms with van der Waals surface area (Å²) in [6.07, 6.45) is 5.52. The van der Waals surface area contributed by atoms with Crippen LogP contribution < -0.4 is 0 Å². The minimum atomic E-state index is -3.56. The lowest BCUT2D eigenvalue weighted by Gasteiger charge is -2.42. The van der Waals surface area contributed by atoms with Crippen LogP contribution in [0, 0.1) is 5.41 Å². The first-order valence-corrected chi connectivity index (χ1v) is 9.55. The van der Waals surface area contributed by atoms with Gasteiger partial charge in [0.15, 0.2) is 0 Å². The summed E-state index contributed by atoms with van der Waals surface area (Å²) in [6.45, 7) is 4.24. The molecule has 1 N–H and O–H groups in total. The second-order valence-corrected chi connectivity index (χ2v) is 8.72. The highest BCUT2D eigenvalue weighted by molar-refractivity contribution is 7.89. The van der Waals surface area contributed by atoms with Crippen molar-refractivity contribution < 1.29 is 13.5 Å². The Kier molecular flexibility index (Phi) is 5.83. The molecule has 1 saturated heterocycles. The van der Waals surface area contributed by atoms with E-state index in [1.807, 2.05) is 25.9 Å². The zero-order valence-corrected chi connectivity index (χ0v) is 15.1. The molecule has 2 heterocycles. The molecule has 8 heteroatoms. The Hall–Kier alpha value is -0.960. The molecule has 0 bridgehead atoms. The van der Waals surface area contributed by atoms with Gasteiger partial charge in [-0.1, -0.05) is 6.92 Å². The predicted molar refractivity (Wildman–Crippen MR) is 88.6 cm³/mol. The summed E-state index contributed by atoms with van der Waals surface area (Å²) < 4.78 is 28.9. The van der Waals surface area contributed by atoms with Crippen molar-refractivity contribution in [3.8, 4) is 0 Å². The molecule has 1 aromatic heterocycles. The van der Waals surface area contributed by atoms with E-state index in [-0.39, 0.29) is 11.5 Å². The standard InChI is InChI=1S/C15H28N4O3S/c1-4-7-18-10-14(9-16-18)23(21,22)19-8-5-6-15(12-19,13-20)11-17(2)3/h9-10,20H,4-8,11-13H2,1-3H3. The normalized spacial score (nSPS) is 23.5. The van der Waals surface area contributed by atoms with Crippen LogP contribution in [-0.2, 0) is 16.6 Å². The Morgan fingerprint density at radius 1 is 1.43 bits per heavy atom. The predicted octanol–water partition coefficient (Wildman–Crippen LogP) is 0.618. The van der Waals surface area contributed by atoms with Gasteiger partial charge < -0.3 is 10.0 Å². The van der Waals surface area contributed by atoms with Crippen LogP contribution in [0.1, 0.15) is 26.2 Å². The Morgan fingerprint density at radius 2 is 2.17 bits per heavy atom. The fourth-order valence-corrected chi connectivity index (χ4v) is 4.87. The van der Waals surface area contributed by atoms with Crippen LogP contribution in [0.4, 0.5) is 0 Å². The summed E-state index contributed by atoms with van der Waals surface area (Å²) in [5.41, 5.74) is -0.395. The van der Waals surface area contributed by atoms with E-state index in [2.05, 4.69) is 5.10 Å². The molecule has 0 aliphatic carbocycles. The fourth-order valence-electron chi connectivity index (χ4n) is 3.32. The summed E-state index contributed by atoms with van der Waals surface area (Å²) >= 11 is 0. The molecule has 0 radical (unpaired) electrons. The third-order valence-corrected chi connectivity index (χ3v) is 6.11. The zero-order chi connectivity index (χ0) is 17.1. The molecular formula is C15H28N4O3S. The van der Waals surface area contributed by atoms with E-state index in [9.17, 15) is 13.5 Å². The number of piperidine rings is 1. The van der Waals surface area contributed by atoms with Crippen LogP contribution >= 0.6 is 0 Å². The fraction of sp³-hybridized carbons (Fsp3) is 0.800. The molecule has 1 aliphatic rings. The van der Waals surface area contributed by atoms with Gasteiger partial charge in [-0.15, -0.1) is 0 Å². The maximum absolute atomic E-state index is 12.9. The first-order chi connectivity index (χ1) is 10.8. The average molecular weight is 344 g/mol. The number of nitrogens with zero attached hydrogens (tertiary/aromatic N) is 4. The van der Waals surface area contributed by atoms with E-state index >= 15 is 0 Å². The van der Waals surface area contributed by atoms with Crippen LogP contribution in [0.15, 0.2) is 17.3 Å². The largest absolute Gasteiger partial charge is 0.396 e. The van der Waals surface area contributed by atoms with Gasteiger partial charge in [0, 0.05) is 37.8 Å². The van der Waals surface area contributed by atoms with Crippen molar-refractivity contribution in [2.45, 2.75) is 37.6 Å². The topological polar surface area (TPSA) is 78.7 Å². The van der Waals surface area contributed by atoms with E-state index in [4.69, 9.17) is 0 Å². The SMILES string of the molecule is CCCn1cc(S(=O)(=O)N2CCCC(CO)(CN(C)C)C2)cn1. The smallest absolute Gasteiger partial charge is 0.246 e. The number of aliphatic hydroxyl groups excluding tert-OH is 1.